The number of rotatable bonds is 4. The number of nitrogens with two attached hydrogens (primary N) is 1. The van der Waals surface area contributed by atoms with E-state index in [-0.39, 0.29) is 0 Å². The van der Waals surface area contributed by atoms with Crippen molar-refractivity contribution in [2.45, 2.75) is 97.1 Å². The maximum absolute atomic E-state index is 6.34. The summed E-state index contributed by atoms with van der Waals surface area (Å²) in [6.07, 6.45) is 12.3. The Balaban J connectivity index is 2.07. The molecule has 0 aromatic carbocycles. The van der Waals surface area contributed by atoms with Crippen LogP contribution in [0.15, 0.2) is 0 Å². The molecule has 0 spiro atoms. The molecule has 1 unspecified atom stereocenters. The van der Waals surface area contributed by atoms with Crippen LogP contribution >= 0.6 is 0 Å². The minimum Gasteiger partial charge on any atom is -0.329 e. The molecule has 2 nitrogen and oxygen atoms in total. The van der Waals surface area contributed by atoms with Crippen molar-refractivity contribution in [3.05, 3.63) is 0 Å². The standard InChI is InChI=1S/C19H38N2/c1-5-8-17-9-6-7-14-21(17)19(15-20)12-10-16(11-13-19)18(2,3)4/h16-17H,5-15,20H2,1-4H3. The largest absolute Gasteiger partial charge is 0.329 e. The van der Waals surface area contributed by atoms with Crippen molar-refractivity contribution in [1.29, 1.82) is 0 Å². The highest BCUT2D eigenvalue weighted by atomic mass is 15.2. The smallest absolute Gasteiger partial charge is 0.0334 e. The molecule has 0 amide bonds. The molecule has 0 aromatic rings. The Morgan fingerprint density at radius 3 is 2.29 bits per heavy atom. The van der Waals surface area contributed by atoms with Crippen molar-refractivity contribution >= 4 is 0 Å². The first-order valence-electron chi connectivity index (χ1n) is 9.40. The van der Waals surface area contributed by atoms with Gasteiger partial charge in [0.05, 0.1) is 0 Å². The molecule has 2 rings (SSSR count). The van der Waals surface area contributed by atoms with Crippen LogP contribution in [-0.4, -0.2) is 29.6 Å². The summed E-state index contributed by atoms with van der Waals surface area (Å²) in [5.41, 5.74) is 7.13. The molecule has 21 heavy (non-hydrogen) atoms. The van der Waals surface area contributed by atoms with Gasteiger partial charge < -0.3 is 5.73 Å². The molecule has 2 aliphatic rings. The van der Waals surface area contributed by atoms with Gasteiger partial charge in [0.1, 0.15) is 0 Å². The minimum absolute atomic E-state index is 0.321. The third-order valence-corrected chi connectivity index (χ3v) is 6.38. The van der Waals surface area contributed by atoms with Gasteiger partial charge in [-0.25, -0.2) is 0 Å². The molecule has 1 aliphatic heterocycles. The van der Waals surface area contributed by atoms with Gasteiger partial charge in [-0.2, -0.15) is 0 Å². The van der Waals surface area contributed by atoms with Gasteiger partial charge in [0, 0.05) is 18.1 Å². The highest BCUT2D eigenvalue weighted by Crippen LogP contribution is 2.45. The fourth-order valence-corrected chi connectivity index (χ4v) is 4.89. The first-order valence-corrected chi connectivity index (χ1v) is 9.40. The summed E-state index contributed by atoms with van der Waals surface area (Å²) in [5, 5.41) is 0. The number of hydrogen-bond acceptors (Lipinski definition) is 2. The van der Waals surface area contributed by atoms with Crippen LogP contribution in [0.5, 0.6) is 0 Å². The molecule has 2 heteroatoms. The van der Waals surface area contributed by atoms with Gasteiger partial charge in [-0.3, -0.25) is 4.90 Å². The van der Waals surface area contributed by atoms with Gasteiger partial charge in [-0.05, 0) is 62.8 Å². The van der Waals surface area contributed by atoms with Crippen molar-refractivity contribution in [2.75, 3.05) is 13.1 Å². The average molecular weight is 295 g/mol. The van der Waals surface area contributed by atoms with Gasteiger partial charge >= 0.3 is 0 Å². The molecule has 124 valence electrons. The van der Waals surface area contributed by atoms with Crippen LogP contribution in [0.3, 0.4) is 0 Å². The van der Waals surface area contributed by atoms with Gasteiger partial charge in [-0.1, -0.05) is 40.5 Å². The Hall–Kier alpha value is -0.0800. The summed E-state index contributed by atoms with van der Waals surface area (Å²) in [6.45, 7) is 11.7. The Kier molecular flexibility index (Phi) is 5.76. The molecule has 1 saturated heterocycles. The number of hydrogen-bond donors (Lipinski definition) is 1. The molecule has 2 fully saturated rings. The summed E-state index contributed by atoms with van der Waals surface area (Å²) in [6, 6.07) is 0.804. The Morgan fingerprint density at radius 2 is 1.76 bits per heavy atom. The molecule has 2 N–H and O–H groups in total. The monoisotopic (exact) mass is 294 g/mol. The van der Waals surface area contributed by atoms with E-state index in [4.69, 9.17) is 5.73 Å². The third-order valence-electron chi connectivity index (χ3n) is 6.38. The van der Waals surface area contributed by atoms with E-state index in [2.05, 4.69) is 32.6 Å². The topological polar surface area (TPSA) is 29.3 Å². The van der Waals surface area contributed by atoms with Gasteiger partial charge in [0.2, 0.25) is 0 Å². The third kappa shape index (κ3) is 3.82. The van der Waals surface area contributed by atoms with E-state index in [1.807, 2.05) is 0 Å². The van der Waals surface area contributed by atoms with E-state index < -0.39 is 0 Å². The molecule has 1 heterocycles. The fraction of sp³-hybridized carbons (Fsp3) is 1.00. The zero-order valence-electron chi connectivity index (χ0n) is 15.0. The highest BCUT2D eigenvalue weighted by molar-refractivity contribution is 5.00. The van der Waals surface area contributed by atoms with E-state index in [1.54, 1.807) is 0 Å². The summed E-state index contributed by atoms with van der Waals surface area (Å²) in [7, 11) is 0. The van der Waals surface area contributed by atoms with Gasteiger partial charge in [0.15, 0.2) is 0 Å². The summed E-state index contributed by atoms with van der Waals surface area (Å²) in [5.74, 6) is 0.881. The summed E-state index contributed by atoms with van der Waals surface area (Å²) in [4.78, 5) is 2.86. The van der Waals surface area contributed by atoms with E-state index in [0.29, 0.717) is 11.0 Å². The van der Waals surface area contributed by atoms with E-state index in [0.717, 1.165) is 18.5 Å². The second-order valence-electron chi connectivity index (χ2n) is 8.70. The van der Waals surface area contributed by atoms with Crippen LogP contribution in [0, 0.1) is 11.3 Å². The second-order valence-corrected chi connectivity index (χ2v) is 8.70. The lowest BCUT2D eigenvalue weighted by Crippen LogP contribution is -2.61. The van der Waals surface area contributed by atoms with Crippen LogP contribution in [0.1, 0.15) is 85.5 Å². The maximum Gasteiger partial charge on any atom is 0.0334 e. The lowest BCUT2D eigenvalue weighted by Gasteiger charge is -2.54. The molecule has 1 saturated carbocycles. The predicted octanol–water partition coefficient (Wildman–Crippen LogP) is 4.57. The molecule has 1 aliphatic carbocycles. The minimum atomic E-state index is 0.321. The lowest BCUT2D eigenvalue weighted by atomic mass is 9.66. The summed E-state index contributed by atoms with van der Waals surface area (Å²) >= 11 is 0. The zero-order chi connectivity index (χ0) is 15.5. The van der Waals surface area contributed by atoms with E-state index in [1.165, 1.54) is 64.3 Å². The van der Waals surface area contributed by atoms with Crippen molar-refractivity contribution in [1.82, 2.24) is 4.90 Å². The van der Waals surface area contributed by atoms with Crippen molar-refractivity contribution in [3.63, 3.8) is 0 Å². The van der Waals surface area contributed by atoms with Gasteiger partial charge in [-0.15, -0.1) is 0 Å². The van der Waals surface area contributed by atoms with Crippen molar-refractivity contribution in [3.8, 4) is 0 Å². The fourth-order valence-electron chi connectivity index (χ4n) is 4.89. The molecular weight excluding hydrogens is 256 g/mol. The summed E-state index contributed by atoms with van der Waals surface area (Å²) < 4.78 is 0. The van der Waals surface area contributed by atoms with Gasteiger partial charge in [0.25, 0.3) is 0 Å². The molecule has 0 bridgehead atoms. The Bertz CT molecular complexity index is 308. The molecule has 0 aromatic heterocycles. The Morgan fingerprint density at radius 1 is 1.10 bits per heavy atom. The second kappa shape index (κ2) is 7.00. The first kappa shape index (κ1) is 17.3. The number of nitrogens with zero attached hydrogens (tertiary/aromatic N) is 1. The molecule has 0 radical (unpaired) electrons. The van der Waals surface area contributed by atoms with Crippen LogP contribution < -0.4 is 5.73 Å². The molecular formula is C19H38N2. The highest BCUT2D eigenvalue weighted by Gasteiger charge is 2.44. The maximum atomic E-state index is 6.34. The van der Waals surface area contributed by atoms with Crippen LogP contribution in [0.2, 0.25) is 0 Å². The molecule has 1 atom stereocenters. The van der Waals surface area contributed by atoms with Crippen LogP contribution in [-0.2, 0) is 0 Å². The number of likely N-dealkylation sites (tertiary alicyclic amines) is 1. The normalized spacial score (nSPS) is 35.9. The van der Waals surface area contributed by atoms with Crippen LogP contribution in [0.25, 0.3) is 0 Å². The van der Waals surface area contributed by atoms with E-state index >= 15 is 0 Å². The zero-order valence-corrected chi connectivity index (χ0v) is 15.0. The van der Waals surface area contributed by atoms with E-state index in [9.17, 15) is 0 Å². The first-order chi connectivity index (χ1) is 9.93. The SMILES string of the molecule is CCCC1CCCCN1C1(CN)CCC(C(C)(C)C)CC1. The van der Waals surface area contributed by atoms with Crippen molar-refractivity contribution in [2.24, 2.45) is 17.1 Å². The Labute approximate surface area is 132 Å². The van der Waals surface area contributed by atoms with Crippen LogP contribution in [0.4, 0.5) is 0 Å². The quantitative estimate of drug-likeness (QED) is 0.822. The average Bonchev–Trinajstić information content (AvgIpc) is 2.47. The van der Waals surface area contributed by atoms with Crippen molar-refractivity contribution < 1.29 is 0 Å². The number of piperidine rings is 1. The predicted molar refractivity (Wildman–Crippen MR) is 92.5 cm³/mol. The lowest BCUT2D eigenvalue weighted by molar-refractivity contribution is -0.0261.